The van der Waals surface area contributed by atoms with Gasteiger partial charge in [-0.1, -0.05) is 12.1 Å². The Balaban J connectivity index is 0.00000169. The number of nitro benzene ring substituents is 1. The van der Waals surface area contributed by atoms with Gasteiger partial charge in [-0.2, -0.15) is 0 Å². The maximum Gasteiger partial charge on any atom is 0.270 e. The van der Waals surface area contributed by atoms with Crippen molar-refractivity contribution in [2.75, 3.05) is 26.7 Å². The van der Waals surface area contributed by atoms with Gasteiger partial charge in [0.2, 0.25) is 0 Å². The van der Waals surface area contributed by atoms with Crippen LogP contribution in [0.3, 0.4) is 0 Å². The van der Waals surface area contributed by atoms with E-state index in [1.165, 1.54) is 25.0 Å². The molecule has 0 radical (unpaired) electrons. The number of likely N-dealkylation sites (tertiary alicyclic amines) is 1. The average molecular weight is 403 g/mol. The number of hydrogen-bond acceptors (Lipinski definition) is 6. The van der Waals surface area contributed by atoms with E-state index in [0.29, 0.717) is 23.3 Å². The minimum atomic E-state index is -0.407. The SMILES string of the molecule is CNC1CCCN(CCc2ncc(-c3cccc([N+](=O)[O-])c3)o2)C1.Cl.Cl. The summed E-state index contributed by atoms with van der Waals surface area (Å²) in [7, 11) is 2.01. The van der Waals surface area contributed by atoms with E-state index in [-0.39, 0.29) is 30.5 Å². The topological polar surface area (TPSA) is 84.4 Å². The largest absolute Gasteiger partial charge is 0.441 e. The van der Waals surface area contributed by atoms with Crippen molar-refractivity contribution in [2.45, 2.75) is 25.3 Å². The van der Waals surface area contributed by atoms with Crippen LogP contribution in [-0.4, -0.2) is 47.5 Å². The molecule has 2 heterocycles. The second-order valence-electron chi connectivity index (χ2n) is 6.10. The number of rotatable bonds is 6. The van der Waals surface area contributed by atoms with E-state index < -0.39 is 4.92 Å². The molecule has 3 rings (SSSR count). The Labute approximate surface area is 165 Å². The third-order valence-electron chi connectivity index (χ3n) is 4.45. The lowest BCUT2D eigenvalue weighted by atomic mass is 10.1. The first-order valence-electron chi connectivity index (χ1n) is 8.25. The summed E-state index contributed by atoms with van der Waals surface area (Å²) in [5.41, 5.74) is 0.730. The zero-order chi connectivity index (χ0) is 16.9. The number of nitro groups is 1. The van der Waals surface area contributed by atoms with Gasteiger partial charge in [-0.3, -0.25) is 10.1 Å². The maximum atomic E-state index is 10.9. The van der Waals surface area contributed by atoms with Gasteiger partial charge in [0.1, 0.15) is 0 Å². The van der Waals surface area contributed by atoms with Crippen LogP contribution in [0.2, 0.25) is 0 Å². The van der Waals surface area contributed by atoms with Crippen molar-refractivity contribution in [2.24, 2.45) is 0 Å². The molecule has 9 heteroatoms. The molecule has 0 spiro atoms. The highest BCUT2D eigenvalue weighted by atomic mass is 35.5. The number of hydrogen-bond donors (Lipinski definition) is 1. The average Bonchev–Trinajstić information content (AvgIpc) is 3.09. The number of aromatic nitrogens is 1. The highest BCUT2D eigenvalue weighted by molar-refractivity contribution is 5.85. The van der Waals surface area contributed by atoms with Crippen molar-refractivity contribution >= 4 is 30.5 Å². The first-order chi connectivity index (χ1) is 11.7. The van der Waals surface area contributed by atoms with Gasteiger partial charge in [0.15, 0.2) is 11.7 Å². The fourth-order valence-corrected chi connectivity index (χ4v) is 3.08. The van der Waals surface area contributed by atoms with E-state index >= 15 is 0 Å². The lowest BCUT2D eigenvalue weighted by molar-refractivity contribution is -0.384. The molecule has 1 aromatic carbocycles. The molecule has 0 amide bonds. The zero-order valence-corrected chi connectivity index (χ0v) is 16.2. The first kappa shape index (κ1) is 22.4. The molecule has 1 fully saturated rings. The summed E-state index contributed by atoms with van der Waals surface area (Å²) >= 11 is 0. The Morgan fingerprint density at radius 1 is 1.42 bits per heavy atom. The predicted octanol–water partition coefficient (Wildman–Crippen LogP) is 3.32. The third-order valence-corrected chi connectivity index (χ3v) is 4.45. The maximum absolute atomic E-state index is 10.9. The monoisotopic (exact) mass is 402 g/mol. The van der Waals surface area contributed by atoms with Crippen molar-refractivity contribution < 1.29 is 9.34 Å². The molecule has 1 atom stereocenters. The van der Waals surface area contributed by atoms with E-state index in [0.717, 1.165) is 26.1 Å². The molecular weight excluding hydrogens is 379 g/mol. The standard InChI is InChI=1S/C17H22N4O3.2ClH/c1-18-14-5-3-8-20(12-14)9-7-17-19-11-16(24-17)13-4-2-6-15(10-13)21(22)23;;/h2,4,6,10-11,14,18H,3,5,7-9,12H2,1H3;2*1H. The Hall–Kier alpha value is -1.67. The molecule has 1 unspecified atom stereocenters. The minimum Gasteiger partial charge on any atom is -0.441 e. The smallest absolute Gasteiger partial charge is 0.270 e. The van der Waals surface area contributed by atoms with E-state index in [2.05, 4.69) is 15.2 Å². The number of non-ortho nitro benzene ring substituents is 1. The minimum absolute atomic E-state index is 0. The summed E-state index contributed by atoms with van der Waals surface area (Å²) < 4.78 is 5.77. The summed E-state index contributed by atoms with van der Waals surface area (Å²) in [4.78, 5) is 17.2. The van der Waals surface area contributed by atoms with Crippen LogP contribution >= 0.6 is 24.8 Å². The summed E-state index contributed by atoms with van der Waals surface area (Å²) in [5.74, 6) is 1.24. The zero-order valence-electron chi connectivity index (χ0n) is 14.6. The van der Waals surface area contributed by atoms with Gasteiger partial charge < -0.3 is 14.6 Å². The second-order valence-corrected chi connectivity index (χ2v) is 6.10. The number of oxazole rings is 1. The van der Waals surface area contributed by atoms with Crippen molar-refractivity contribution in [3.63, 3.8) is 0 Å². The summed E-state index contributed by atoms with van der Waals surface area (Å²) in [6.07, 6.45) is 4.81. The van der Waals surface area contributed by atoms with Crippen LogP contribution in [0.5, 0.6) is 0 Å². The van der Waals surface area contributed by atoms with Gasteiger partial charge >= 0.3 is 0 Å². The van der Waals surface area contributed by atoms with Crippen LogP contribution in [0.25, 0.3) is 11.3 Å². The Morgan fingerprint density at radius 2 is 2.23 bits per heavy atom. The highest BCUT2D eigenvalue weighted by Crippen LogP contribution is 2.24. The molecule has 1 aliphatic rings. The first-order valence-corrected chi connectivity index (χ1v) is 8.25. The van der Waals surface area contributed by atoms with Crippen LogP contribution in [0, 0.1) is 10.1 Å². The van der Waals surface area contributed by atoms with Gasteiger partial charge in [-0.25, -0.2) is 4.98 Å². The second kappa shape index (κ2) is 10.5. The number of nitrogens with zero attached hydrogens (tertiary/aromatic N) is 3. The van der Waals surface area contributed by atoms with E-state index in [4.69, 9.17) is 4.42 Å². The number of likely N-dealkylation sites (N-methyl/N-ethyl adjacent to an activating group) is 1. The highest BCUT2D eigenvalue weighted by Gasteiger charge is 2.19. The molecule has 7 nitrogen and oxygen atoms in total. The van der Waals surface area contributed by atoms with Crippen molar-refractivity contribution in [1.29, 1.82) is 0 Å². The summed E-state index contributed by atoms with van der Waals surface area (Å²) in [5, 5.41) is 14.2. The molecule has 1 aromatic heterocycles. The fourth-order valence-electron chi connectivity index (χ4n) is 3.08. The molecule has 0 saturated carbocycles. The van der Waals surface area contributed by atoms with Gasteiger partial charge in [-0.05, 0) is 26.4 Å². The van der Waals surface area contributed by atoms with E-state index in [1.807, 2.05) is 7.05 Å². The van der Waals surface area contributed by atoms with Gasteiger partial charge in [-0.15, -0.1) is 24.8 Å². The molecule has 144 valence electrons. The number of halogens is 2. The molecule has 2 aromatic rings. The summed E-state index contributed by atoms with van der Waals surface area (Å²) in [6.45, 7) is 3.07. The van der Waals surface area contributed by atoms with Gasteiger partial charge in [0.05, 0.1) is 11.1 Å². The molecule has 1 saturated heterocycles. The van der Waals surface area contributed by atoms with E-state index in [1.54, 1.807) is 18.3 Å². The molecular formula is C17H24Cl2N4O3. The number of nitrogens with one attached hydrogen (secondary N) is 1. The van der Waals surface area contributed by atoms with Crippen LogP contribution in [0.15, 0.2) is 34.9 Å². The van der Waals surface area contributed by atoms with Crippen molar-refractivity contribution in [1.82, 2.24) is 15.2 Å². The van der Waals surface area contributed by atoms with Crippen molar-refractivity contribution in [3.05, 3.63) is 46.5 Å². The van der Waals surface area contributed by atoms with Crippen molar-refractivity contribution in [3.8, 4) is 11.3 Å². The molecule has 1 aliphatic heterocycles. The fraction of sp³-hybridized carbons (Fsp3) is 0.471. The lowest BCUT2D eigenvalue weighted by Gasteiger charge is -2.32. The van der Waals surface area contributed by atoms with Crippen LogP contribution in [0.1, 0.15) is 18.7 Å². The van der Waals surface area contributed by atoms with Gasteiger partial charge in [0, 0.05) is 43.2 Å². The number of benzene rings is 1. The Bertz CT molecular complexity index is 711. The predicted molar refractivity (Wildman–Crippen MR) is 105 cm³/mol. The van der Waals surface area contributed by atoms with Crippen LogP contribution in [-0.2, 0) is 6.42 Å². The number of piperidine rings is 1. The molecule has 0 aliphatic carbocycles. The van der Waals surface area contributed by atoms with Crippen LogP contribution in [0.4, 0.5) is 5.69 Å². The van der Waals surface area contributed by atoms with E-state index in [9.17, 15) is 10.1 Å². The lowest BCUT2D eigenvalue weighted by Crippen LogP contribution is -2.44. The molecule has 26 heavy (non-hydrogen) atoms. The quantitative estimate of drug-likeness (QED) is 0.589. The molecule has 0 bridgehead atoms. The Morgan fingerprint density at radius 3 is 2.96 bits per heavy atom. The van der Waals surface area contributed by atoms with Crippen LogP contribution < -0.4 is 5.32 Å². The van der Waals surface area contributed by atoms with Gasteiger partial charge in [0.25, 0.3) is 5.69 Å². The summed E-state index contributed by atoms with van der Waals surface area (Å²) in [6, 6.07) is 6.98. The molecule has 1 N–H and O–H groups in total. The normalized spacial score (nSPS) is 17.2. The Kier molecular flexibility index (Phi) is 9.01. The third kappa shape index (κ3) is 5.67.